The van der Waals surface area contributed by atoms with Crippen LogP contribution in [-0.4, -0.2) is 25.1 Å². The van der Waals surface area contributed by atoms with Crippen molar-refractivity contribution in [2.24, 2.45) is 0 Å². The van der Waals surface area contributed by atoms with E-state index in [1.807, 2.05) is 47.8 Å². The number of benzene rings is 2. The van der Waals surface area contributed by atoms with Gasteiger partial charge in [-0.05, 0) is 54.6 Å². The number of rotatable bonds is 6. The van der Waals surface area contributed by atoms with Crippen molar-refractivity contribution in [3.8, 4) is 33.3 Å². The normalized spacial score (nSPS) is 10.6. The first-order valence-electron chi connectivity index (χ1n) is 8.81. The second-order valence-corrected chi connectivity index (χ2v) is 6.97. The van der Waals surface area contributed by atoms with Gasteiger partial charge in [0.2, 0.25) is 0 Å². The van der Waals surface area contributed by atoms with Gasteiger partial charge in [0.25, 0.3) is 5.91 Å². The van der Waals surface area contributed by atoms with E-state index in [1.54, 1.807) is 26.4 Å². The lowest BCUT2D eigenvalue weighted by Gasteiger charge is -2.08. The van der Waals surface area contributed by atoms with Gasteiger partial charge in [-0.25, -0.2) is 4.98 Å². The Bertz CT molecular complexity index is 1120. The minimum atomic E-state index is -0.288. The van der Waals surface area contributed by atoms with E-state index in [2.05, 4.69) is 5.32 Å². The molecule has 0 saturated carbocycles. The molecular weight excluding hydrogens is 388 g/mol. The van der Waals surface area contributed by atoms with Crippen molar-refractivity contribution >= 4 is 22.9 Å². The van der Waals surface area contributed by atoms with E-state index in [0.29, 0.717) is 5.69 Å². The summed E-state index contributed by atoms with van der Waals surface area (Å²) in [4.78, 5) is 16.8. The van der Waals surface area contributed by atoms with E-state index < -0.39 is 0 Å². The average molecular weight is 406 g/mol. The lowest BCUT2D eigenvalue weighted by molar-refractivity contribution is 0.0996. The maximum absolute atomic E-state index is 12.1. The Labute approximate surface area is 171 Å². The average Bonchev–Trinajstić information content (AvgIpc) is 3.46. The molecule has 4 rings (SSSR count). The third-order valence-corrected chi connectivity index (χ3v) is 5.21. The molecular formula is C22H18N2O4S. The zero-order valence-corrected chi connectivity index (χ0v) is 16.7. The van der Waals surface area contributed by atoms with E-state index in [-0.39, 0.29) is 11.7 Å². The van der Waals surface area contributed by atoms with Crippen LogP contribution in [-0.2, 0) is 0 Å². The lowest BCUT2D eigenvalue weighted by Crippen LogP contribution is -2.10. The van der Waals surface area contributed by atoms with Gasteiger partial charge < -0.3 is 19.2 Å². The summed E-state index contributed by atoms with van der Waals surface area (Å²) in [6, 6.07) is 16.4. The van der Waals surface area contributed by atoms with Gasteiger partial charge >= 0.3 is 0 Å². The fourth-order valence-electron chi connectivity index (χ4n) is 2.84. The van der Waals surface area contributed by atoms with Crippen LogP contribution >= 0.6 is 11.3 Å². The molecule has 0 unspecified atom stereocenters. The molecule has 146 valence electrons. The highest BCUT2D eigenvalue weighted by Gasteiger charge is 2.13. The molecule has 0 aliphatic heterocycles. The topological polar surface area (TPSA) is 73.6 Å². The molecule has 2 heterocycles. The Kier molecular flexibility index (Phi) is 5.31. The molecule has 4 aromatic rings. The van der Waals surface area contributed by atoms with Crippen LogP contribution in [0.4, 0.5) is 5.69 Å². The fraction of sp³-hybridized carbons (Fsp3) is 0.0909. The highest BCUT2D eigenvalue weighted by molar-refractivity contribution is 7.13. The van der Waals surface area contributed by atoms with Crippen LogP contribution in [0.3, 0.4) is 0 Å². The van der Waals surface area contributed by atoms with Crippen molar-refractivity contribution in [3.05, 3.63) is 72.0 Å². The summed E-state index contributed by atoms with van der Waals surface area (Å²) in [5, 5.41) is 5.66. The number of ether oxygens (including phenoxy) is 2. The highest BCUT2D eigenvalue weighted by atomic mass is 32.1. The maximum Gasteiger partial charge on any atom is 0.291 e. The molecule has 29 heavy (non-hydrogen) atoms. The molecule has 0 saturated heterocycles. The van der Waals surface area contributed by atoms with Gasteiger partial charge in [0.1, 0.15) is 16.5 Å². The van der Waals surface area contributed by atoms with E-state index >= 15 is 0 Å². The molecule has 0 radical (unpaired) electrons. The number of amides is 1. The van der Waals surface area contributed by atoms with Gasteiger partial charge in [-0.15, -0.1) is 11.3 Å². The number of thiazole rings is 1. The molecule has 1 N–H and O–H groups in total. The van der Waals surface area contributed by atoms with Gasteiger partial charge in [0.05, 0.1) is 26.2 Å². The molecule has 7 heteroatoms. The molecule has 0 atom stereocenters. The standard InChI is InChI=1S/C22H18N2O4S/c1-26-16-9-10-19(27-2)17(12-16)18-13-29-22(24-18)14-5-7-15(8-6-14)23-21(25)20-4-3-11-28-20/h3-13H,1-2H3,(H,23,25). The summed E-state index contributed by atoms with van der Waals surface area (Å²) in [7, 11) is 3.26. The minimum Gasteiger partial charge on any atom is -0.497 e. The van der Waals surface area contributed by atoms with Crippen molar-refractivity contribution in [1.29, 1.82) is 0 Å². The van der Waals surface area contributed by atoms with Crippen LogP contribution in [0.5, 0.6) is 11.5 Å². The quantitative estimate of drug-likeness (QED) is 0.468. The fourth-order valence-corrected chi connectivity index (χ4v) is 3.67. The number of nitrogens with one attached hydrogen (secondary N) is 1. The Morgan fingerprint density at radius 3 is 2.59 bits per heavy atom. The number of hydrogen-bond acceptors (Lipinski definition) is 6. The van der Waals surface area contributed by atoms with Crippen molar-refractivity contribution in [3.63, 3.8) is 0 Å². The van der Waals surface area contributed by atoms with Crippen molar-refractivity contribution in [1.82, 2.24) is 4.98 Å². The first kappa shape index (κ1) is 18.8. The lowest BCUT2D eigenvalue weighted by atomic mass is 10.1. The summed E-state index contributed by atoms with van der Waals surface area (Å²) in [5.41, 5.74) is 3.33. The smallest absolute Gasteiger partial charge is 0.291 e. The van der Waals surface area contributed by atoms with Crippen LogP contribution in [0.1, 0.15) is 10.6 Å². The van der Waals surface area contributed by atoms with Crippen LogP contribution in [0.2, 0.25) is 0 Å². The van der Waals surface area contributed by atoms with Crippen LogP contribution in [0, 0.1) is 0 Å². The second kappa shape index (κ2) is 8.20. The monoisotopic (exact) mass is 406 g/mol. The van der Waals surface area contributed by atoms with Crippen molar-refractivity contribution < 1.29 is 18.7 Å². The minimum absolute atomic E-state index is 0.269. The Hall–Kier alpha value is -3.58. The predicted octanol–water partition coefficient (Wildman–Crippen LogP) is 5.34. The van der Waals surface area contributed by atoms with E-state index in [1.165, 1.54) is 17.6 Å². The molecule has 0 spiro atoms. The Balaban J connectivity index is 1.55. The number of carbonyl (C=O) groups excluding carboxylic acids is 1. The molecule has 1 amide bonds. The van der Waals surface area contributed by atoms with Crippen LogP contribution < -0.4 is 14.8 Å². The third-order valence-electron chi connectivity index (χ3n) is 4.32. The molecule has 0 fully saturated rings. The number of furan rings is 1. The number of nitrogens with zero attached hydrogens (tertiary/aromatic N) is 1. The SMILES string of the molecule is COc1ccc(OC)c(-c2csc(-c3ccc(NC(=O)c4ccco4)cc3)n2)c1. The molecule has 0 aliphatic carbocycles. The van der Waals surface area contributed by atoms with E-state index in [0.717, 1.165) is 33.3 Å². The van der Waals surface area contributed by atoms with Crippen LogP contribution in [0.15, 0.2) is 70.7 Å². The largest absolute Gasteiger partial charge is 0.497 e. The molecule has 2 aromatic carbocycles. The van der Waals surface area contributed by atoms with Crippen molar-refractivity contribution in [2.45, 2.75) is 0 Å². The van der Waals surface area contributed by atoms with E-state index in [9.17, 15) is 4.79 Å². The maximum atomic E-state index is 12.1. The Morgan fingerprint density at radius 1 is 1.07 bits per heavy atom. The van der Waals surface area contributed by atoms with Gasteiger partial charge in [-0.2, -0.15) is 0 Å². The molecule has 0 bridgehead atoms. The first-order chi connectivity index (χ1) is 14.2. The second-order valence-electron chi connectivity index (χ2n) is 6.11. The summed E-state index contributed by atoms with van der Waals surface area (Å²) in [5.74, 6) is 1.46. The number of aromatic nitrogens is 1. The third kappa shape index (κ3) is 4.00. The summed E-state index contributed by atoms with van der Waals surface area (Å²) in [6.45, 7) is 0. The number of carbonyl (C=O) groups is 1. The molecule has 2 aromatic heterocycles. The predicted molar refractivity (Wildman–Crippen MR) is 113 cm³/mol. The number of methoxy groups -OCH3 is 2. The van der Waals surface area contributed by atoms with Crippen molar-refractivity contribution in [2.75, 3.05) is 19.5 Å². The number of anilines is 1. The van der Waals surface area contributed by atoms with Gasteiger partial charge in [0.15, 0.2) is 5.76 Å². The first-order valence-corrected chi connectivity index (χ1v) is 9.69. The zero-order valence-electron chi connectivity index (χ0n) is 15.8. The molecule has 0 aliphatic rings. The van der Waals surface area contributed by atoms with Crippen LogP contribution in [0.25, 0.3) is 21.8 Å². The van der Waals surface area contributed by atoms with Gasteiger partial charge in [0, 0.05) is 22.2 Å². The zero-order chi connectivity index (χ0) is 20.2. The number of hydrogen-bond donors (Lipinski definition) is 1. The summed E-state index contributed by atoms with van der Waals surface area (Å²) < 4.78 is 15.9. The summed E-state index contributed by atoms with van der Waals surface area (Å²) in [6.07, 6.45) is 1.47. The highest BCUT2D eigenvalue weighted by Crippen LogP contribution is 2.36. The van der Waals surface area contributed by atoms with E-state index in [4.69, 9.17) is 18.9 Å². The summed E-state index contributed by atoms with van der Waals surface area (Å²) >= 11 is 1.54. The Morgan fingerprint density at radius 2 is 1.90 bits per heavy atom. The van der Waals surface area contributed by atoms with Gasteiger partial charge in [-0.1, -0.05) is 0 Å². The van der Waals surface area contributed by atoms with Gasteiger partial charge in [-0.3, -0.25) is 4.79 Å². The molecule has 6 nitrogen and oxygen atoms in total.